The molecular weight excluding hydrogens is 397 g/mol. The molecule has 2 aromatic rings. The third-order valence-corrected chi connectivity index (χ3v) is 5.66. The van der Waals surface area contributed by atoms with Crippen molar-refractivity contribution in [2.24, 2.45) is 0 Å². The van der Waals surface area contributed by atoms with E-state index in [9.17, 15) is 9.18 Å². The fourth-order valence-corrected chi connectivity index (χ4v) is 3.90. The van der Waals surface area contributed by atoms with Gasteiger partial charge < -0.3 is 10.1 Å². The number of amides is 1. The number of halogens is 2. The van der Waals surface area contributed by atoms with E-state index in [4.69, 9.17) is 16.3 Å². The van der Waals surface area contributed by atoms with Gasteiger partial charge in [-0.25, -0.2) is 4.39 Å². The summed E-state index contributed by atoms with van der Waals surface area (Å²) in [7, 11) is 0. The summed E-state index contributed by atoms with van der Waals surface area (Å²) >= 11 is 7.54. The van der Waals surface area contributed by atoms with Crippen LogP contribution in [-0.4, -0.2) is 24.3 Å². The Hall–Kier alpha value is -1.72. The van der Waals surface area contributed by atoms with Crippen molar-refractivity contribution < 1.29 is 13.9 Å². The highest BCUT2D eigenvalue weighted by atomic mass is 35.5. The van der Waals surface area contributed by atoms with Crippen molar-refractivity contribution in [3.05, 3.63) is 63.9 Å². The topological polar surface area (TPSA) is 38.3 Å². The van der Waals surface area contributed by atoms with Gasteiger partial charge in [0.1, 0.15) is 11.6 Å². The van der Waals surface area contributed by atoms with E-state index >= 15 is 0 Å². The Morgan fingerprint density at radius 1 is 1.25 bits per heavy atom. The van der Waals surface area contributed by atoms with E-state index in [0.29, 0.717) is 34.6 Å². The molecule has 3 nitrogen and oxygen atoms in total. The van der Waals surface area contributed by atoms with E-state index in [1.807, 2.05) is 25.1 Å². The molecule has 0 fully saturated rings. The Morgan fingerprint density at radius 3 is 2.68 bits per heavy atom. The van der Waals surface area contributed by atoms with E-state index in [1.54, 1.807) is 19.1 Å². The Kier molecular flexibility index (Phi) is 8.64. The highest BCUT2D eigenvalue weighted by Gasteiger charge is 2.17. The number of carbonyl (C=O) groups excluding carboxylic acids is 1. The molecule has 152 valence electrons. The average molecular weight is 424 g/mol. The maximum absolute atomic E-state index is 13.7. The van der Waals surface area contributed by atoms with Crippen molar-refractivity contribution in [1.82, 2.24) is 5.32 Å². The maximum atomic E-state index is 13.7. The van der Waals surface area contributed by atoms with E-state index in [-0.39, 0.29) is 11.7 Å². The van der Waals surface area contributed by atoms with Crippen LogP contribution in [0, 0.1) is 12.7 Å². The zero-order valence-corrected chi connectivity index (χ0v) is 18.3. The van der Waals surface area contributed by atoms with Gasteiger partial charge in [-0.1, -0.05) is 43.6 Å². The van der Waals surface area contributed by atoms with Gasteiger partial charge in [0.2, 0.25) is 0 Å². The van der Waals surface area contributed by atoms with Crippen molar-refractivity contribution in [3.8, 4) is 5.75 Å². The summed E-state index contributed by atoms with van der Waals surface area (Å²) in [4.78, 5) is 12.3. The fraction of sp³-hybridized carbons (Fsp3) is 0.409. The predicted octanol–water partition coefficient (Wildman–Crippen LogP) is 5.73. The van der Waals surface area contributed by atoms with Gasteiger partial charge in [0.25, 0.3) is 5.91 Å². The Bertz CT molecular complexity index is 793. The summed E-state index contributed by atoms with van der Waals surface area (Å²) in [5, 5.41) is 3.30. The summed E-state index contributed by atoms with van der Waals surface area (Å²) in [6.07, 6.45) is -0.592. The summed E-state index contributed by atoms with van der Waals surface area (Å²) in [5.74, 6) is 1.72. The average Bonchev–Trinajstić information content (AvgIpc) is 2.63. The maximum Gasteiger partial charge on any atom is 0.260 e. The van der Waals surface area contributed by atoms with Gasteiger partial charge in [0.05, 0.1) is 0 Å². The van der Waals surface area contributed by atoms with E-state index in [0.717, 1.165) is 16.9 Å². The number of hydrogen-bond donors (Lipinski definition) is 1. The van der Waals surface area contributed by atoms with E-state index in [1.165, 1.54) is 17.8 Å². The van der Waals surface area contributed by atoms with Crippen molar-refractivity contribution in [2.75, 3.05) is 12.3 Å². The smallest absolute Gasteiger partial charge is 0.260 e. The summed E-state index contributed by atoms with van der Waals surface area (Å²) in [5.41, 5.74) is 2.68. The van der Waals surface area contributed by atoms with Gasteiger partial charge in [0, 0.05) is 28.6 Å². The molecule has 0 radical (unpaired) electrons. The highest BCUT2D eigenvalue weighted by Crippen LogP contribution is 2.28. The van der Waals surface area contributed by atoms with Crippen LogP contribution >= 0.6 is 23.4 Å². The Morgan fingerprint density at radius 2 is 2.00 bits per heavy atom. The van der Waals surface area contributed by atoms with Gasteiger partial charge >= 0.3 is 0 Å². The number of nitrogens with one attached hydrogen (secondary N) is 1. The van der Waals surface area contributed by atoms with Crippen LogP contribution in [0.25, 0.3) is 0 Å². The minimum Gasteiger partial charge on any atom is -0.481 e. The molecule has 1 unspecified atom stereocenters. The SMILES string of the molecule is Cc1ccc(C(C)C)c(OC(C)C(=O)NCCSCc2c(F)cccc2Cl)c1. The molecule has 0 bridgehead atoms. The molecule has 2 aromatic carbocycles. The highest BCUT2D eigenvalue weighted by molar-refractivity contribution is 7.98. The molecule has 1 amide bonds. The van der Waals surface area contributed by atoms with Crippen LogP contribution in [0.5, 0.6) is 5.75 Å². The van der Waals surface area contributed by atoms with Gasteiger partial charge in [-0.15, -0.1) is 0 Å². The molecular formula is C22H27ClFNO2S. The van der Waals surface area contributed by atoms with Crippen LogP contribution in [0.1, 0.15) is 43.4 Å². The largest absolute Gasteiger partial charge is 0.481 e. The summed E-state index contributed by atoms with van der Waals surface area (Å²) < 4.78 is 19.7. The van der Waals surface area contributed by atoms with Crippen molar-refractivity contribution in [3.63, 3.8) is 0 Å². The van der Waals surface area contributed by atoms with Crippen LogP contribution in [0.4, 0.5) is 4.39 Å². The summed E-state index contributed by atoms with van der Waals surface area (Å²) in [6, 6.07) is 10.7. The first kappa shape index (κ1) is 22.6. The van der Waals surface area contributed by atoms with Crippen LogP contribution in [0.15, 0.2) is 36.4 Å². The zero-order valence-electron chi connectivity index (χ0n) is 16.7. The third-order valence-electron chi connectivity index (χ3n) is 4.32. The van der Waals surface area contributed by atoms with E-state index in [2.05, 4.69) is 19.2 Å². The molecule has 2 rings (SSSR count). The first-order chi connectivity index (χ1) is 13.3. The predicted molar refractivity (Wildman–Crippen MR) is 116 cm³/mol. The van der Waals surface area contributed by atoms with Crippen LogP contribution in [0.3, 0.4) is 0 Å². The number of aryl methyl sites for hydroxylation is 1. The first-order valence-corrected chi connectivity index (χ1v) is 10.9. The second-order valence-corrected chi connectivity index (χ2v) is 8.51. The van der Waals surface area contributed by atoms with E-state index < -0.39 is 6.10 Å². The minimum absolute atomic E-state index is 0.166. The fourth-order valence-electron chi connectivity index (χ4n) is 2.70. The molecule has 1 N–H and O–H groups in total. The first-order valence-electron chi connectivity index (χ1n) is 9.35. The lowest BCUT2D eigenvalue weighted by Gasteiger charge is -2.19. The lowest BCUT2D eigenvalue weighted by atomic mass is 10.0. The number of ether oxygens (including phenoxy) is 1. The third kappa shape index (κ3) is 6.42. The van der Waals surface area contributed by atoms with Crippen LogP contribution < -0.4 is 10.1 Å². The lowest BCUT2D eigenvalue weighted by molar-refractivity contribution is -0.127. The Balaban J connectivity index is 1.80. The van der Waals surface area contributed by atoms with Gasteiger partial charge in [-0.2, -0.15) is 11.8 Å². The minimum atomic E-state index is -0.592. The molecule has 0 aliphatic carbocycles. The normalized spacial score (nSPS) is 12.1. The summed E-state index contributed by atoms with van der Waals surface area (Å²) in [6.45, 7) is 8.42. The van der Waals surface area contributed by atoms with Crippen LogP contribution in [0.2, 0.25) is 5.02 Å². The number of thioether (sulfide) groups is 1. The number of rotatable bonds is 9. The molecule has 0 aromatic heterocycles. The molecule has 0 aliphatic heterocycles. The molecule has 0 aliphatic rings. The van der Waals surface area contributed by atoms with Gasteiger partial charge in [-0.05, 0) is 49.1 Å². The molecule has 28 heavy (non-hydrogen) atoms. The van der Waals surface area contributed by atoms with Crippen molar-refractivity contribution in [2.45, 2.75) is 45.5 Å². The standard InChI is InChI=1S/C22H27ClFNO2S/c1-14(2)17-9-8-15(3)12-21(17)27-16(4)22(26)25-10-11-28-13-18-19(23)6-5-7-20(18)24/h5-9,12,14,16H,10-11,13H2,1-4H3,(H,25,26). The second kappa shape index (κ2) is 10.7. The van der Waals surface area contributed by atoms with Gasteiger partial charge in [-0.3, -0.25) is 4.79 Å². The monoisotopic (exact) mass is 423 g/mol. The quantitative estimate of drug-likeness (QED) is 0.523. The molecule has 0 heterocycles. The lowest BCUT2D eigenvalue weighted by Crippen LogP contribution is -2.37. The molecule has 0 spiro atoms. The van der Waals surface area contributed by atoms with Gasteiger partial charge in [0.15, 0.2) is 6.10 Å². The number of benzene rings is 2. The molecule has 0 saturated carbocycles. The molecule has 1 atom stereocenters. The van der Waals surface area contributed by atoms with Crippen molar-refractivity contribution >= 4 is 29.3 Å². The number of hydrogen-bond acceptors (Lipinski definition) is 3. The van der Waals surface area contributed by atoms with Crippen LogP contribution in [-0.2, 0) is 10.5 Å². The molecule has 6 heteroatoms. The van der Waals surface area contributed by atoms with Crippen molar-refractivity contribution in [1.29, 1.82) is 0 Å². The molecule has 0 saturated heterocycles. The number of carbonyl (C=O) groups is 1. The second-order valence-electron chi connectivity index (χ2n) is 7.00. The zero-order chi connectivity index (χ0) is 20.7. The Labute approximate surface area is 176 Å².